The third-order valence-electron chi connectivity index (χ3n) is 6.68. The van der Waals surface area contributed by atoms with E-state index >= 15 is 0 Å². The Balaban J connectivity index is 1.39. The lowest BCUT2D eigenvalue weighted by atomic mass is 9.98. The summed E-state index contributed by atoms with van der Waals surface area (Å²) in [6.07, 6.45) is 9.58. The van der Waals surface area contributed by atoms with Crippen LogP contribution in [0, 0.1) is 5.92 Å². The highest BCUT2D eigenvalue weighted by molar-refractivity contribution is 5.73. The molecule has 180 valence electrons. The summed E-state index contributed by atoms with van der Waals surface area (Å²) in [6.45, 7) is 14.8. The number of nitrogens with one attached hydrogen (secondary N) is 1. The summed E-state index contributed by atoms with van der Waals surface area (Å²) < 4.78 is 6.17. The van der Waals surface area contributed by atoms with Crippen molar-refractivity contribution >= 4 is 11.4 Å². The fourth-order valence-corrected chi connectivity index (χ4v) is 4.45. The molecular weight excluding hydrogens is 408 g/mol. The number of ether oxygens (including phenoxy) is 1. The molecule has 0 spiro atoms. The fraction of sp³-hybridized carbons (Fsp3) is 0.536. The van der Waals surface area contributed by atoms with E-state index < -0.39 is 0 Å². The molecule has 1 aliphatic heterocycles. The van der Waals surface area contributed by atoms with Crippen molar-refractivity contribution in [2.45, 2.75) is 46.0 Å². The second kappa shape index (κ2) is 13.2. The maximum Gasteiger partial charge on any atom is 0.122 e. The van der Waals surface area contributed by atoms with Crippen molar-refractivity contribution in [1.82, 2.24) is 15.2 Å². The van der Waals surface area contributed by atoms with Crippen LogP contribution in [0.3, 0.4) is 0 Å². The average molecular weight is 451 g/mol. The number of unbranched alkanes of at least 4 members (excludes halogenated alkanes) is 1. The molecule has 2 heterocycles. The summed E-state index contributed by atoms with van der Waals surface area (Å²) in [5.41, 5.74) is 4.55. The van der Waals surface area contributed by atoms with Gasteiger partial charge in [0.1, 0.15) is 5.75 Å². The molecule has 1 aromatic carbocycles. The molecule has 0 unspecified atom stereocenters. The molecule has 2 aromatic rings. The zero-order valence-corrected chi connectivity index (χ0v) is 20.9. The van der Waals surface area contributed by atoms with E-state index in [1.165, 1.54) is 36.9 Å². The number of para-hydroxylation sites is 1. The topological polar surface area (TPSA) is 40.6 Å². The monoisotopic (exact) mass is 450 g/mol. The van der Waals surface area contributed by atoms with Gasteiger partial charge in [-0.2, -0.15) is 0 Å². The molecule has 3 rings (SSSR count). The minimum Gasteiger partial charge on any atom is -0.493 e. The van der Waals surface area contributed by atoms with E-state index in [1.807, 2.05) is 12.4 Å². The summed E-state index contributed by atoms with van der Waals surface area (Å²) in [5.74, 6) is 1.70. The highest BCUT2D eigenvalue weighted by Gasteiger charge is 2.20. The van der Waals surface area contributed by atoms with Crippen LogP contribution in [-0.2, 0) is 6.42 Å². The first-order valence-corrected chi connectivity index (χ1v) is 12.6. The largest absolute Gasteiger partial charge is 0.493 e. The molecular formula is C28H42N4O. The van der Waals surface area contributed by atoms with E-state index in [-0.39, 0.29) is 0 Å². The SMILES string of the molecule is C=C(NCCN1CCC(COc2ccccc2CC)CC1)c1cnccc1N(C)CCCC. The minimum atomic E-state index is 0.644. The molecule has 0 aliphatic carbocycles. The number of anilines is 1. The highest BCUT2D eigenvalue weighted by Crippen LogP contribution is 2.24. The number of rotatable bonds is 13. The lowest BCUT2D eigenvalue weighted by molar-refractivity contribution is 0.142. The van der Waals surface area contributed by atoms with Crippen LogP contribution in [0.15, 0.2) is 49.3 Å². The van der Waals surface area contributed by atoms with Crippen molar-refractivity contribution in [3.8, 4) is 5.75 Å². The van der Waals surface area contributed by atoms with E-state index in [0.717, 1.165) is 62.8 Å². The minimum absolute atomic E-state index is 0.644. The normalized spacial score (nSPS) is 14.8. The van der Waals surface area contributed by atoms with Crippen LogP contribution in [-0.4, -0.2) is 56.3 Å². The number of hydrogen-bond acceptors (Lipinski definition) is 5. The van der Waals surface area contributed by atoms with Crippen molar-refractivity contribution in [3.05, 3.63) is 60.4 Å². The molecule has 0 amide bonds. The summed E-state index contributed by atoms with van der Waals surface area (Å²) in [6, 6.07) is 10.5. The first kappa shape index (κ1) is 25.1. The zero-order valence-electron chi connectivity index (χ0n) is 20.9. The lowest BCUT2D eigenvalue weighted by Crippen LogP contribution is -2.39. The van der Waals surface area contributed by atoms with Gasteiger partial charge in [-0.25, -0.2) is 0 Å². The molecule has 5 nitrogen and oxygen atoms in total. The standard InChI is InChI=1S/C28H42N4O/c1-5-7-17-31(4)27-12-15-29-21-26(27)23(3)30-16-20-32-18-13-24(14-19-32)22-33-28-11-9-8-10-25(28)6-2/h8-12,15,21,24,30H,3,5-7,13-14,16-20,22H2,1-2,4H3. The number of hydrogen-bond donors (Lipinski definition) is 1. The molecule has 0 bridgehead atoms. The Kier molecular flexibility index (Phi) is 10.1. The van der Waals surface area contributed by atoms with Gasteiger partial charge < -0.3 is 19.9 Å². The van der Waals surface area contributed by atoms with Crippen LogP contribution in [0.4, 0.5) is 5.69 Å². The van der Waals surface area contributed by atoms with E-state index in [1.54, 1.807) is 0 Å². The number of pyridine rings is 1. The van der Waals surface area contributed by atoms with Crippen LogP contribution in [0.2, 0.25) is 0 Å². The van der Waals surface area contributed by atoms with Gasteiger partial charge in [-0.05, 0) is 62.4 Å². The first-order valence-electron chi connectivity index (χ1n) is 12.6. The van der Waals surface area contributed by atoms with Gasteiger partial charge in [0.2, 0.25) is 0 Å². The maximum absolute atomic E-state index is 6.17. The Hall–Kier alpha value is -2.53. The number of likely N-dealkylation sites (tertiary alicyclic amines) is 1. The van der Waals surface area contributed by atoms with Gasteiger partial charge in [0.25, 0.3) is 0 Å². The summed E-state index contributed by atoms with van der Waals surface area (Å²) in [5, 5.41) is 3.54. The quantitative estimate of drug-likeness (QED) is 0.452. The zero-order chi connectivity index (χ0) is 23.5. The van der Waals surface area contributed by atoms with Gasteiger partial charge in [0, 0.05) is 56.0 Å². The second-order valence-corrected chi connectivity index (χ2v) is 9.13. The first-order chi connectivity index (χ1) is 16.1. The summed E-state index contributed by atoms with van der Waals surface area (Å²) in [4.78, 5) is 9.19. The van der Waals surface area contributed by atoms with Crippen LogP contribution in [0.5, 0.6) is 5.75 Å². The fourth-order valence-electron chi connectivity index (χ4n) is 4.45. The van der Waals surface area contributed by atoms with E-state index in [9.17, 15) is 0 Å². The van der Waals surface area contributed by atoms with Crippen molar-refractivity contribution in [1.29, 1.82) is 0 Å². The number of benzene rings is 1. The number of piperidine rings is 1. The van der Waals surface area contributed by atoms with E-state index in [4.69, 9.17) is 4.74 Å². The molecule has 33 heavy (non-hydrogen) atoms. The van der Waals surface area contributed by atoms with Gasteiger partial charge in [0.15, 0.2) is 0 Å². The smallest absolute Gasteiger partial charge is 0.122 e. The molecule has 1 aromatic heterocycles. The molecule has 0 radical (unpaired) electrons. The molecule has 1 aliphatic rings. The second-order valence-electron chi connectivity index (χ2n) is 9.13. The van der Waals surface area contributed by atoms with Crippen LogP contribution >= 0.6 is 0 Å². The number of nitrogens with zero attached hydrogens (tertiary/aromatic N) is 3. The van der Waals surface area contributed by atoms with E-state index in [2.05, 4.69) is 77.9 Å². The van der Waals surface area contributed by atoms with Gasteiger partial charge >= 0.3 is 0 Å². The predicted octanol–water partition coefficient (Wildman–Crippen LogP) is 5.23. The third kappa shape index (κ3) is 7.50. The Labute approximate surface area is 200 Å². The Bertz CT molecular complexity index is 860. The van der Waals surface area contributed by atoms with Crippen molar-refractivity contribution in [2.24, 2.45) is 5.92 Å². The predicted molar refractivity (Wildman–Crippen MR) is 140 cm³/mol. The summed E-state index contributed by atoms with van der Waals surface area (Å²) in [7, 11) is 2.15. The van der Waals surface area contributed by atoms with Gasteiger partial charge in [-0.3, -0.25) is 4.98 Å². The van der Waals surface area contributed by atoms with Gasteiger partial charge in [-0.15, -0.1) is 0 Å². The van der Waals surface area contributed by atoms with Crippen LogP contribution in [0.25, 0.3) is 5.70 Å². The molecule has 5 heteroatoms. The number of aromatic nitrogens is 1. The molecule has 0 atom stereocenters. The average Bonchev–Trinajstić information content (AvgIpc) is 2.86. The van der Waals surface area contributed by atoms with Crippen molar-refractivity contribution in [3.63, 3.8) is 0 Å². The van der Waals surface area contributed by atoms with Gasteiger partial charge in [-0.1, -0.05) is 45.0 Å². The highest BCUT2D eigenvalue weighted by atomic mass is 16.5. The van der Waals surface area contributed by atoms with Crippen LogP contribution < -0.4 is 15.0 Å². The molecule has 1 saturated heterocycles. The van der Waals surface area contributed by atoms with Gasteiger partial charge in [0.05, 0.1) is 6.61 Å². The van der Waals surface area contributed by atoms with Crippen LogP contribution in [0.1, 0.15) is 50.7 Å². The Morgan fingerprint density at radius 2 is 2.00 bits per heavy atom. The Morgan fingerprint density at radius 1 is 1.21 bits per heavy atom. The molecule has 1 fully saturated rings. The molecule has 0 saturated carbocycles. The number of aryl methyl sites for hydroxylation is 1. The lowest BCUT2D eigenvalue weighted by Gasteiger charge is -2.32. The van der Waals surface area contributed by atoms with Crippen molar-refractivity contribution < 1.29 is 4.74 Å². The summed E-state index contributed by atoms with van der Waals surface area (Å²) >= 11 is 0. The Morgan fingerprint density at radius 3 is 2.76 bits per heavy atom. The van der Waals surface area contributed by atoms with E-state index in [0.29, 0.717) is 5.92 Å². The van der Waals surface area contributed by atoms with Crippen molar-refractivity contribution in [2.75, 3.05) is 51.3 Å². The third-order valence-corrected chi connectivity index (χ3v) is 6.68. The molecule has 1 N–H and O–H groups in total. The maximum atomic E-state index is 6.17.